The standard InChI is InChI=1S/C24H23N3O7/c1-15-4-5-16(12-20(15)27(30)31)24(29)25-14-23(28)26-17-6-11-21(33-3)22(13-17)34-19-9-7-18(32-2)8-10-19/h4-13H,14H2,1-3H3,(H,25,29)(H,26,28). The van der Waals surface area contributed by atoms with Gasteiger partial charge in [0.15, 0.2) is 11.5 Å². The third kappa shape index (κ3) is 6.00. The molecule has 0 spiro atoms. The summed E-state index contributed by atoms with van der Waals surface area (Å²) in [6.45, 7) is 1.25. The first-order valence-corrected chi connectivity index (χ1v) is 10.1. The highest BCUT2D eigenvalue weighted by molar-refractivity contribution is 5.99. The van der Waals surface area contributed by atoms with E-state index in [0.29, 0.717) is 34.2 Å². The molecule has 0 heterocycles. The first-order chi connectivity index (χ1) is 16.3. The smallest absolute Gasteiger partial charge is 0.273 e. The molecule has 0 saturated heterocycles. The van der Waals surface area contributed by atoms with E-state index in [2.05, 4.69) is 10.6 Å². The summed E-state index contributed by atoms with van der Waals surface area (Å²) in [5.41, 5.74) is 0.783. The second kappa shape index (κ2) is 10.8. The third-order valence-corrected chi connectivity index (χ3v) is 4.81. The summed E-state index contributed by atoms with van der Waals surface area (Å²) in [6.07, 6.45) is 0. The second-order valence-electron chi connectivity index (χ2n) is 7.13. The van der Waals surface area contributed by atoms with E-state index in [4.69, 9.17) is 14.2 Å². The number of hydrogen-bond acceptors (Lipinski definition) is 7. The fourth-order valence-corrected chi connectivity index (χ4v) is 3.02. The zero-order chi connectivity index (χ0) is 24.7. The van der Waals surface area contributed by atoms with Crippen LogP contribution in [-0.2, 0) is 4.79 Å². The molecule has 176 valence electrons. The molecule has 0 unspecified atom stereocenters. The van der Waals surface area contributed by atoms with Crippen molar-refractivity contribution in [1.82, 2.24) is 5.32 Å². The molecule has 0 aliphatic heterocycles. The zero-order valence-corrected chi connectivity index (χ0v) is 18.8. The summed E-state index contributed by atoms with van der Waals surface area (Å²) >= 11 is 0. The summed E-state index contributed by atoms with van der Waals surface area (Å²) in [5.74, 6) is 0.973. The van der Waals surface area contributed by atoms with Gasteiger partial charge in [0.1, 0.15) is 11.5 Å². The first-order valence-electron chi connectivity index (χ1n) is 10.1. The predicted molar refractivity (Wildman–Crippen MR) is 125 cm³/mol. The van der Waals surface area contributed by atoms with E-state index in [1.807, 2.05) is 0 Å². The van der Waals surface area contributed by atoms with Crippen LogP contribution in [0.25, 0.3) is 0 Å². The Hall–Kier alpha value is -4.60. The van der Waals surface area contributed by atoms with Crippen molar-refractivity contribution in [1.29, 1.82) is 0 Å². The van der Waals surface area contributed by atoms with Gasteiger partial charge in [-0.2, -0.15) is 0 Å². The van der Waals surface area contributed by atoms with Crippen LogP contribution >= 0.6 is 0 Å². The molecule has 0 aliphatic rings. The Morgan fingerprint density at radius 3 is 2.26 bits per heavy atom. The molecule has 0 radical (unpaired) electrons. The monoisotopic (exact) mass is 465 g/mol. The average Bonchev–Trinajstić information content (AvgIpc) is 2.83. The summed E-state index contributed by atoms with van der Waals surface area (Å²) in [5, 5.41) is 16.2. The number of benzene rings is 3. The van der Waals surface area contributed by atoms with Crippen molar-refractivity contribution in [3.05, 3.63) is 81.9 Å². The van der Waals surface area contributed by atoms with Crippen LogP contribution < -0.4 is 24.8 Å². The van der Waals surface area contributed by atoms with Crippen LogP contribution in [0.1, 0.15) is 15.9 Å². The highest BCUT2D eigenvalue weighted by Gasteiger charge is 2.16. The summed E-state index contributed by atoms with van der Waals surface area (Å²) in [7, 11) is 3.07. The van der Waals surface area contributed by atoms with Crippen LogP contribution in [0, 0.1) is 17.0 Å². The molecule has 0 bridgehead atoms. The van der Waals surface area contributed by atoms with E-state index in [1.54, 1.807) is 56.5 Å². The Balaban J connectivity index is 1.64. The number of methoxy groups -OCH3 is 2. The number of carbonyl (C=O) groups is 2. The number of rotatable bonds is 9. The Morgan fingerprint density at radius 1 is 0.912 bits per heavy atom. The van der Waals surface area contributed by atoms with Gasteiger partial charge in [0.05, 0.1) is 25.7 Å². The number of nitro benzene ring substituents is 1. The molecule has 2 amide bonds. The highest BCUT2D eigenvalue weighted by atomic mass is 16.6. The fourth-order valence-electron chi connectivity index (χ4n) is 3.02. The maximum absolute atomic E-state index is 12.4. The van der Waals surface area contributed by atoms with Crippen LogP contribution in [0.15, 0.2) is 60.7 Å². The number of carbonyl (C=O) groups excluding carboxylic acids is 2. The van der Waals surface area contributed by atoms with E-state index in [0.717, 1.165) is 0 Å². The van der Waals surface area contributed by atoms with E-state index < -0.39 is 16.7 Å². The van der Waals surface area contributed by atoms with Crippen LogP contribution in [0.2, 0.25) is 0 Å². The number of nitrogens with one attached hydrogen (secondary N) is 2. The maximum Gasteiger partial charge on any atom is 0.273 e. The molecule has 0 saturated carbocycles. The van der Waals surface area contributed by atoms with Crippen molar-refractivity contribution in [3.63, 3.8) is 0 Å². The molecule has 2 N–H and O–H groups in total. The van der Waals surface area contributed by atoms with Gasteiger partial charge in [0.2, 0.25) is 5.91 Å². The lowest BCUT2D eigenvalue weighted by Crippen LogP contribution is -2.32. The van der Waals surface area contributed by atoms with E-state index in [9.17, 15) is 19.7 Å². The predicted octanol–water partition coefficient (Wildman–Crippen LogP) is 4.08. The van der Waals surface area contributed by atoms with Crippen molar-refractivity contribution in [3.8, 4) is 23.0 Å². The number of ether oxygens (including phenoxy) is 3. The van der Waals surface area contributed by atoms with Crippen molar-refractivity contribution < 1.29 is 28.7 Å². The van der Waals surface area contributed by atoms with Gasteiger partial charge in [0, 0.05) is 28.9 Å². The van der Waals surface area contributed by atoms with Crippen molar-refractivity contribution in [2.45, 2.75) is 6.92 Å². The zero-order valence-electron chi connectivity index (χ0n) is 18.8. The SMILES string of the molecule is COc1ccc(Oc2cc(NC(=O)CNC(=O)c3ccc(C)c([N+](=O)[O-])c3)ccc2OC)cc1. The highest BCUT2D eigenvalue weighted by Crippen LogP contribution is 2.34. The van der Waals surface area contributed by atoms with Gasteiger partial charge in [-0.05, 0) is 49.4 Å². The Morgan fingerprint density at radius 2 is 1.62 bits per heavy atom. The van der Waals surface area contributed by atoms with E-state index in [-0.39, 0.29) is 17.8 Å². The van der Waals surface area contributed by atoms with Crippen molar-refractivity contribution in [2.75, 3.05) is 26.1 Å². The number of nitro groups is 1. The molecule has 0 atom stereocenters. The van der Waals surface area contributed by atoms with Crippen LogP contribution in [-0.4, -0.2) is 37.5 Å². The third-order valence-electron chi connectivity index (χ3n) is 4.81. The van der Waals surface area contributed by atoms with Crippen LogP contribution in [0.4, 0.5) is 11.4 Å². The second-order valence-corrected chi connectivity index (χ2v) is 7.13. The lowest BCUT2D eigenvalue weighted by atomic mass is 10.1. The molecular weight excluding hydrogens is 442 g/mol. The normalized spacial score (nSPS) is 10.2. The van der Waals surface area contributed by atoms with Crippen molar-refractivity contribution >= 4 is 23.2 Å². The molecule has 0 fully saturated rings. The number of nitrogens with zero attached hydrogens (tertiary/aromatic N) is 1. The molecule has 10 nitrogen and oxygen atoms in total. The first kappa shape index (κ1) is 24.1. The molecular formula is C24H23N3O7. The van der Waals surface area contributed by atoms with E-state index >= 15 is 0 Å². The largest absolute Gasteiger partial charge is 0.497 e. The molecule has 34 heavy (non-hydrogen) atoms. The molecule has 3 aromatic carbocycles. The topological polar surface area (TPSA) is 129 Å². The van der Waals surface area contributed by atoms with Gasteiger partial charge in [-0.1, -0.05) is 6.07 Å². The average molecular weight is 465 g/mol. The molecule has 0 aliphatic carbocycles. The van der Waals surface area contributed by atoms with Gasteiger partial charge in [-0.15, -0.1) is 0 Å². The minimum Gasteiger partial charge on any atom is -0.497 e. The van der Waals surface area contributed by atoms with Crippen LogP contribution in [0.5, 0.6) is 23.0 Å². The van der Waals surface area contributed by atoms with Gasteiger partial charge in [-0.25, -0.2) is 0 Å². The lowest BCUT2D eigenvalue weighted by molar-refractivity contribution is -0.385. The van der Waals surface area contributed by atoms with E-state index in [1.165, 1.54) is 25.3 Å². The Labute approximate surface area is 195 Å². The maximum atomic E-state index is 12.4. The quantitative estimate of drug-likeness (QED) is 0.360. The van der Waals surface area contributed by atoms with Gasteiger partial charge in [-0.3, -0.25) is 19.7 Å². The summed E-state index contributed by atoms with van der Waals surface area (Å²) in [6, 6.07) is 15.9. The lowest BCUT2D eigenvalue weighted by Gasteiger charge is -2.13. The molecule has 3 aromatic rings. The van der Waals surface area contributed by atoms with Gasteiger partial charge in [0.25, 0.3) is 11.6 Å². The number of amides is 2. The van der Waals surface area contributed by atoms with Gasteiger partial charge >= 0.3 is 0 Å². The number of anilines is 1. The van der Waals surface area contributed by atoms with Crippen LogP contribution in [0.3, 0.4) is 0 Å². The number of hydrogen-bond donors (Lipinski definition) is 2. The minimum absolute atomic E-state index is 0.0877. The van der Waals surface area contributed by atoms with Crippen molar-refractivity contribution in [2.24, 2.45) is 0 Å². The number of aryl methyl sites for hydroxylation is 1. The molecule has 0 aromatic heterocycles. The Kier molecular flexibility index (Phi) is 7.65. The Bertz CT molecular complexity index is 1210. The molecule has 3 rings (SSSR count). The van der Waals surface area contributed by atoms with Gasteiger partial charge < -0.3 is 24.8 Å². The fraction of sp³-hybridized carbons (Fsp3) is 0.167. The summed E-state index contributed by atoms with van der Waals surface area (Å²) < 4.78 is 16.3. The minimum atomic E-state index is -0.600. The summed E-state index contributed by atoms with van der Waals surface area (Å²) in [4.78, 5) is 35.2. The molecule has 10 heteroatoms.